The van der Waals surface area contributed by atoms with Crippen LogP contribution in [0.25, 0.3) is 11.3 Å². The smallest absolute Gasteiger partial charge is 0.308 e. The van der Waals surface area contributed by atoms with Crippen LogP contribution in [0.2, 0.25) is 0 Å². The van der Waals surface area contributed by atoms with Gasteiger partial charge in [0.2, 0.25) is 0 Å². The zero-order valence-electron chi connectivity index (χ0n) is 13.5. The molecule has 0 aliphatic rings. The molecule has 0 aliphatic carbocycles. The largest absolute Gasteiger partial charge is 0.481 e. The van der Waals surface area contributed by atoms with E-state index in [4.69, 9.17) is 5.11 Å². The zero-order chi connectivity index (χ0) is 18.0. The summed E-state index contributed by atoms with van der Waals surface area (Å²) in [6, 6.07) is 3.01. The van der Waals surface area contributed by atoms with Gasteiger partial charge in [0.05, 0.1) is 11.5 Å². The number of hydrogen-bond acceptors (Lipinski definition) is 3. The van der Waals surface area contributed by atoms with Crippen LogP contribution in [0, 0.1) is 17.6 Å². The van der Waals surface area contributed by atoms with E-state index in [1.54, 1.807) is 7.05 Å². The Hall–Kier alpha value is -2.77. The summed E-state index contributed by atoms with van der Waals surface area (Å²) in [5.41, 5.74) is 0.193. The van der Waals surface area contributed by atoms with Crippen LogP contribution in [0.3, 0.4) is 0 Å². The van der Waals surface area contributed by atoms with Crippen LogP contribution in [0.1, 0.15) is 17.3 Å². The average molecular weight is 337 g/mol. The van der Waals surface area contributed by atoms with Gasteiger partial charge >= 0.3 is 5.97 Å². The van der Waals surface area contributed by atoms with Crippen molar-refractivity contribution in [3.05, 3.63) is 41.6 Å². The molecule has 0 aliphatic heterocycles. The summed E-state index contributed by atoms with van der Waals surface area (Å²) in [6.45, 7) is 1.48. The lowest BCUT2D eigenvalue weighted by Gasteiger charge is -2.19. The van der Waals surface area contributed by atoms with Gasteiger partial charge in [0.15, 0.2) is 0 Å². The van der Waals surface area contributed by atoms with Crippen LogP contribution >= 0.6 is 0 Å². The SMILES string of the molecule is C[C@@H](CN(C)C(=O)c1cn(C)nc1-c1ccc(F)cc1F)C(=O)O. The quantitative estimate of drug-likeness (QED) is 0.907. The Morgan fingerprint density at radius 3 is 2.62 bits per heavy atom. The maximum atomic E-state index is 14.0. The van der Waals surface area contributed by atoms with Gasteiger partial charge in [0.1, 0.15) is 17.3 Å². The number of hydrogen-bond donors (Lipinski definition) is 1. The molecular weight excluding hydrogens is 320 g/mol. The predicted octanol–water partition coefficient (Wildman–Crippen LogP) is 2.16. The van der Waals surface area contributed by atoms with Crippen LogP contribution in [-0.2, 0) is 11.8 Å². The Morgan fingerprint density at radius 2 is 2.04 bits per heavy atom. The minimum absolute atomic E-state index is 0.0000306. The topological polar surface area (TPSA) is 75.4 Å². The summed E-state index contributed by atoms with van der Waals surface area (Å²) in [5.74, 6) is -3.82. The molecule has 6 nitrogen and oxygen atoms in total. The van der Waals surface area contributed by atoms with Crippen LogP contribution in [0.5, 0.6) is 0 Å². The first-order valence-electron chi connectivity index (χ1n) is 7.18. The third-order valence-corrected chi connectivity index (χ3v) is 3.56. The zero-order valence-corrected chi connectivity index (χ0v) is 13.5. The molecule has 24 heavy (non-hydrogen) atoms. The van der Waals surface area contributed by atoms with Crippen LogP contribution < -0.4 is 0 Å². The molecule has 1 aromatic heterocycles. The normalized spacial score (nSPS) is 12.0. The van der Waals surface area contributed by atoms with Gasteiger partial charge in [-0.2, -0.15) is 5.10 Å². The highest BCUT2D eigenvalue weighted by Gasteiger charge is 2.24. The van der Waals surface area contributed by atoms with Crippen molar-refractivity contribution in [2.75, 3.05) is 13.6 Å². The number of halogens is 2. The van der Waals surface area contributed by atoms with Gasteiger partial charge in [0.25, 0.3) is 5.91 Å². The van der Waals surface area contributed by atoms with Crippen molar-refractivity contribution in [3.63, 3.8) is 0 Å². The average Bonchev–Trinajstić information content (AvgIpc) is 2.87. The van der Waals surface area contributed by atoms with E-state index < -0.39 is 29.4 Å². The molecule has 0 fully saturated rings. The Balaban J connectivity index is 2.38. The van der Waals surface area contributed by atoms with Gasteiger partial charge in [0, 0.05) is 38.5 Å². The van der Waals surface area contributed by atoms with E-state index in [2.05, 4.69) is 5.10 Å². The monoisotopic (exact) mass is 337 g/mol. The van der Waals surface area contributed by atoms with Gasteiger partial charge in [-0.1, -0.05) is 6.92 Å². The summed E-state index contributed by atoms with van der Waals surface area (Å²) < 4.78 is 28.4. The molecule has 1 atom stereocenters. The number of carboxylic acids is 1. The summed E-state index contributed by atoms with van der Waals surface area (Å²) in [5, 5.41) is 13.0. The van der Waals surface area contributed by atoms with E-state index >= 15 is 0 Å². The summed E-state index contributed by atoms with van der Waals surface area (Å²) in [4.78, 5) is 24.7. The maximum Gasteiger partial charge on any atom is 0.308 e. The number of carbonyl (C=O) groups is 2. The van der Waals surface area contributed by atoms with E-state index in [0.29, 0.717) is 6.07 Å². The van der Waals surface area contributed by atoms with Gasteiger partial charge in [-0.25, -0.2) is 8.78 Å². The van der Waals surface area contributed by atoms with Crippen LogP contribution in [0.4, 0.5) is 8.78 Å². The second kappa shape index (κ2) is 6.77. The summed E-state index contributed by atoms with van der Waals surface area (Å²) in [6.07, 6.45) is 1.42. The first-order chi connectivity index (χ1) is 11.2. The molecule has 0 unspecified atom stereocenters. The molecule has 0 radical (unpaired) electrons. The number of carboxylic acid groups (broad SMARTS) is 1. The molecule has 0 spiro atoms. The third-order valence-electron chi connectivity index (χ3n) is 3.56. The Labute approximate surface area is 137 Å². The van der Waals surface area contributed by atoms with Gasteiger partial charge < -0.3 is 10.0 Å². The van der Waals surface area contributed by atoms with Crippen molar-refractivity contribution < 1.29 is 23.5 Å². The van der Waals surface area contributed by atoms with E-state index in [1.807, 2.05) is 0 Å². The molecule has 1 N–H and O–H groups in total. The summed E-state index contributed by atoms with van der Waals surface area (Å²) >= 11 is 0. The maximum absolute atomic E-state index is 14.0. The van der Waals surface area contributed by atoms with E-state index in [-0.39, 0.29) is 23.4 Å². The molecular formula is C16H17F2N3O3. The molecule has 1 amide bonds. The third kappa shape index (κ3) is 3.58. The molecule has 0 saturated heterocycles. The minimum atomic E-state index is -1.02. The highest BCUT2D eigenvalue weighted by Crippen LogP contribution is 2.26. The molecule has 8 heteroatoms. The number of rotatable bonds is 5. The fourth-order valence-electron chi connectivity index (χ4n) is 2.30. The number of amides is 1. The Morgan fingerprint density at radius 1 is 1.38 bits per heavy atom. The lowest BCUT2D eigenvalue weighted by molar-refractivity contribution is -0.141. The Bertz CT molecular complexity index is 789. The van der Waals surface area contributed by atoms with Crippen molar-refractivity contribution in [1.82, 2.24) is 14.7 Å². The Kier molecular flexibility index (Phi) is 4.96. The molecule has 2 aromatic rings. The molecule has 1 heterocycles. The highest BCUT2D eigenvalue weighted by atomic mass is 19.1. The first-order valence-corrected chi connectivity index (χ1v) is 7.18. The van der Waals surface area contributed by atoms with Crippen LogP contribution in [0.15, 0.2) is 24.4 Å². The second-order valence-electron chi connectivity index (χ2n) is 5.61. The number of nitrogens with zero attached hydrogens (tertiary/aromatic N) is 3. The van der Waals surface area contributed by atoms with Crippen molar-refractivity contribution in [3.8, 4) is 11.3 Å². The standard InChI is InChI=1S/C16H17F2N3O3/c1-9(16(23)24)7-20(2)15(22)12-8-21(3)19-14(12)11-5-4-10(17)6-13(11)18/h4-6,8-9H,7H2,1-3H3,(H,23,24)/t9-/m0/s1. The first kappa shape index (κ1) is 17.6. The molecule has 0 saturated carbocycles. The number of aromatic nitrogens is 2. The van der Waals surface area contributed by atoms with Crippen molar-refractivity contribution in [2.45, 2.75) is 6.92 Å². The number of aliphatic carboxylic acids is 1. The van der Waals surface area contributed by atoms with Gasteiger partial charge in [-0.05, 0) is 12.1 Å². The summed E-state index contributed by atoms with van der Waals surface area (Å²) in [7, 11) is 3.03. The fraction of sp³-hybridized carbons (Fsp3) is 0.312. The number of aryl methyl sites for hydroxylation is 1. The number of carbonyl (C=O) groups excluding carboxylic acids is 1. The lowest BCUT2D eigenvalue weighted by Crippen LogP contribution is -2.33. The van der Waals surface area contributed by atoms with E-state index in [0.717, 1.165) is 6.07 Å². The van der Waals surface area contributed by atoms with E-state index in [9.17, 15) is 18.4 Å². The fourth-order valence-corrected chi connectivity index (χ4v) is 2.30. The van der Waals surface area contributed by atoms with E-state index in [1.165, 1.54) is 35.8 Å². The van der Waals surface area contributed by atoms with Gasteiger partial charge in [-0.3, -0.25) is 14.3 Å². The molecule has 0 bridgehead atoms. The molecule has 2 rings (SSSR count). The highest BCUT2D eigenvalue weighted by molar-refractivity contribution is 5.99. The number of benzene rings is 1. The van der Waals surface area contributed by atoms with Crippen molar-refractivity contribution in [2.24, 2.45) is 13.0 Å². The van der Waals surface area contributed by atoms with Crippen molar-refractivity contribution >= 4 is 11.9 Å². The molecule has 1 aromatic carbocycles. The second-order valence-corrected chi connectivity index (χ2v) is 5.61. The van der Waals surface area contributed by atoms with Crippen LogP contribution in [-0.4, -0.2) is 45.3 Å². The van der Waals surface area contributed by atoms with Gasteiger partial charge in [-0.15, -0.1) is 0 Å². The molecule has 128 valence electrons. The lowest BCUT2D eigenvalue weighted by atomic mass is 10.1. The predicted molar refractivity (Wildman–Crippen MR) is 82.3 cm³/mol. The van der Waals surface area contributed by atoms with Crippen molar-refractivity contribution in [1.29, 1.82) is 0 Å². The minimum Gasteiger partial charge on any atom is -0.481 e.